The molecule has 1 aliphatic rings. The van der Waals surface area contributed by atoms with Crippen molar-refractivity contribution in [2.24, 2.45) is 0 Å². The van der Waals surface area contributed by atoms with E-state index in [2.05, 4.69) is 5.92 Å². The molecular formula is C17H20O4. The molecule has 21 heavy (non-hydrogen) atoms. The first-order valence-corrected chi connectivity index (χ1v) is 7.09. The SMILES string of the molecule is C#CC(COC1CCCC1)(C(=O)O)c1ccc(OC)cc1. The van der Waals surface area contributed by atoms with Crippen LogP contribution in [0.5, 0.6) is 5.75 Å². The van der Waals surface area contributed by atoms with Crippen LogP contribution < -0.4 is 4.74 Å². The number of carboxylic acids is 1. The van der Waals surface area contributed by atoms with Gasteiger partial charge in [-0.15, -0.1) is 6.42 Å². The summed E-state index contributed by atoms with van der Waals surface area (Å²) in [7, 11) is 1.56. The molecule has 2 rings (SSSR count). The molecule has 1 atom stereocenters. The van der Waals surface area contributed by atoms with Crippen LogP contribution in [0.25, 0.3) is 0 Å². The van der Waals surface area contributed by atoms with Gasteiger partial charge in [-0.3, -0.25) is 4.79 Å². The third kappa shape index (κ3) is 3.20. The molecule has 1 N–H and O–H groups in total. The van der Waals surface area contributed by atoms with Crippen molar-refractivity contribution < 1.29 is 19.4 Å². The molecule has 0 heterocycles. The molecular weight excluding hydrogens is 268 g/mol. The van der Waals surface area contributed by atoms with E-state index in [1.165, 1.54) is 0 Å². The standard InChI is InChI=1S/C17H20O4/c1-3-17(16(18)19,12-21-15-6-4-5-7-15)13-8-10-14(20-2)11-9-13/h1,8-11,15H,4-7,12H2,2H3,(H,18,19). The van der Waals surface area contributed by atoms with Crippen molar-refractivity contribution in [1.82, 2.24) is 0 Å². The Balaban J connectivity index is 2.22. The topological polar surface area (TPSA) is 55.8 Å². The summed E-state index contributed by atoms with van der Waals surface area (Å²) in [4.78, 5) is 11.8. The minimum Gasteiger partial charge on any atom is -0.497 e. The Labute approximate surface area is 125 Å². The van der Waals surface area contributed by atoms with Gasteiger partial charge in [0.25, 0.3) is 0 Å². The van der Waals surface area contributed by atoms with Gasteiger partial charge in [0.05, 0.1) is 19.8 Å². The lowest BCUT2D eigenvalue weighted by Gasteiger charge is -2.26. The molecule has 0 saturated heterocycles. The summed E-state index contributed by atoms with van der Waals surface area (Å²) in [5.74, 6) is 2.02. The van der Waals surface area contributed by atoms with Gasteiger partial charge in [-0.1, -0.05) is 30.9 Å². The Morgan fingerprint density at radius 2 is 2.00 bits per heavy atom. The normalized spacial score (nSPS) is 17.9. The molecule has 1 unspecified atom stereocenters. The van der Waals surface area contributed by atoms with Gasteiger partial charge in [0.15, 0.2) is 5.41 Å². The van der Waals surface area contributed by atoms with Crippen molar-refractivity contribution in [1.29, 1.82) is 0 Å². The van der Waals surface area contributed by atoms with Gasteiger partial charge in [-0.05, 0) is 30.5 Å². The molecule has 1 fully saturated rings. The van der Waals surface area contributed by atoms with E-state index >= 15 is 0 Å². The van der Waals surface area contributed by atoms with Crippen LogP contribution in [0.1, 0.15) is 31.2 Å². The molecule has 1 aromatic carbocycles. The number of carboxylic acid groups (broad SMARTS) is 1. The first kappa shape index (κ1) is 15.4. The van der Waals surface area contributed by atoms with Crippen LogP contribution in [0, 0.1) is 12.3 Å². The molecule has 1 aliphatic carbocycles. The predicted molar refractivity (Wildman–Crippen MR) is 79.3 cm³/mol. The summed E-state index contributed by atoms with van der Waals surface area (Å²) in [5.41, 5.74) is -0.911. The van der Waals surface area contributed by atoms with Crippen molar-refractivity contribution in [3.05, 3.63) is 29.8 Å². The highest BCUT2D eigenvalue weighted by atomic mass is 16.5. The fourth-order valence-corrected chi connectivity index (χ4v) is 2.63. The molecule has 1 aromatic rings. The lowest BCUT2D eigenvalue weighted by atomic mass is 9.82. The zero-order chi connectivity index (χ0) is 15.3. The van der Waals surface area contributed by atoms with Crippen LogP contribution in [-0.2, 0) is 14.9 Å². The lowest BCUT2D eigenvalue weighted by molar-refractivity contribution is -0.144. The molecule has 0 amide bonds. The summed E-state index contributed by atoms with van der Waals surface area (Å²) >= 11 is 0. The van der Waals surface area contributed by atoms with Crippen LogP contribution >= 0.6 is 0 Å². The van der Waals surface area contributed by atoms with E-state index < -0.39 is 11.4 Å². The second-order valence-electron chi connectivity index (χ2n) is 5.30. The van der Waals surface area contributed by atoms with E-state index in [-0.39, 0.29) is 12.7 Å². The zero-order valence-electron chi connectivity index (χ0n) is 12.2. The van der Waals surface area contributed by atoms with E-state index in [1.807, 2.05) is 0 Å². The van der Waals surface area contributed by atoms with E-state index in [4.69, 9.17) is 15.9 Å². The van der Waals surface area contributed by atoms with Gasteiger partial charge >= 0.3 is 5.97 Å². The number of hydrogen-bond acceptors (Lipinski definition) is 3. The maximum Gasteiger partial charge on any atom is 0.328 e. The summed E-state index contributed by atoms with van der Waals surface area (Å²) in [6.07, 6.45) is 9.88. The molecule has 0 aromatic heterocycles. The Hall–Kier alpha value is -1.99. The number of hydrogen-bond donors (Lipinski definition) is 1. The summed E-state index contributed by atoms with van der Waals surface area (Å²) in [5, 5.41) is 9.62. The second kappa shape index (κ2) is 6.64. The van der Waals surface area contributed by atoms with Crippen molar-refractivity contribution in [2.75, 3.05) is 13.7 Å². The Morgan fingerprint density at radius 1 is 1.38 bits per heavy atom. The Morgan fingerprint density at radius 3 is 2.48 bits per heavy atom. The fourth-order valence-electron chi connectivity index (χ4n) is 2.63. The number of methoxy groups -OCH3 is 1. The molecule has 1 saturated carbocycles. The van der Waals surface area contributed by atoms with Crippen molar-refractivity contribution >= 4 is 5.97 Å². The molecule has 0 bridgehead atoms. The summed E-state index contributed by atoms with van der Waals surface area (Å²) in [6, 6.07) is 6.79. The highest BCUT2D eigenvalue weighted by Crippen LogP contribution is 2.29. The van der Waals surface area contributed by atoms with E-state index in [1.54, 1.807) is 31.4 Å². The van der Waals surface area contributed by atoms with Crippen LogP contribution in [0.4, 0.5) is 0 Å². The minimum absolute atomic E-state index is 0.00414. The average Bonchev–Trinajstić information content (AvgIpc) is 3.02. The maximum absolute atomic E-state index is 11.8. The van der Waals surface area contributed by atoms with Crippen molar-refractivity contribution in [3.8, 4) is 18.1 Å². The maximum atomic E-state index is 11.8. The van der Waals surface area contributed by atoms with Gasteiger partial charge in [-0.25, -0.2) is 0 Å². The molecule has 4 nitrogen and oxygen atoms in total. The number of benzene rings is 1. The number of terminal acetylenes is 1. The highest BCUT2D eigenvalue weighted by molar-refractivity contribution is 5.86. The van der Waals surface area contributed by atoms with E-state index in [0.717, 1.165) is 25.7 Å². The minimum atomic E-state index is -1.45. The largest absolute Gasteiger partial charge is 0.497 e. The lowest BCUT2D eigenvalue weighted by Crippen LogP contribution is -2.40. The summed E-state index contributed by atoms with van der Waals surface area (Å²) < 4.78 is 10.9. The zero-order valence-corrected chi connectivity index (χ0v) is 12.2. The molecule has 0 spiro atoms. The number of carbonyl (C=O) groups is 1. The molecule has 112 valence electrons. The molecule has 4 heteroatoms. The third-order valence-electron chi connectivity index (χ3n) is 4.03. The average molecular weight is 288 g/mol. The van der Waals surface area contributed by atoms with Gasteiger partial charge in [0.1, 0.15) is 5.75 Å². The first-order valence-electron chi connectivity index (χ1n) is 7.09. The Kier molecular flexibility index (Phi) is 4.87. The van der Waals surface area contributed by atoms with E-state index in [9.17, 15) is 9.90 Å². The molecule has 0 aliphatic heterocycles. The monoisotopic (exact) mass is 288 g/mol. The van der Waals surface area contributed by atoms with Crippen LogP contribution in [-0.4, -0.2) is 30.9 Å². The van der Waals surface area contributed by atoms with E-state index in [0.29, 0.717) is 11.3 Å². The van der Waals surface area contributed by atoms with Crippen LogP contribution in [0.15, 0.2) is 24.3 Å². The Bertz CT molecular complexity index is 523. The van der Waals surface area contributed by atoms with Crippen LogP contribution in [0.3, 0.4) is 0 Å². The van der Waals surface area contributed by atoms with Gasteiger partial charge in [0, 0.05) is 0 Å². The number of ether oxygens (including phenoxy) is 2. The van der Waals surface area contributed by atoms with Crippen LogP contribution in [0.2, 0.25) is 0 Å². The number of aliphatic carboxylic acids is 1. The smallest absolute Gasteiger partial charge is 0.328 e. The van der Waals surface area contributed by atoms with Gasteiger partial charge in [0.2, 0.25) is 0 Å². The molecule has 0 radical (unpaired) electrons. The van der Waals surface area contributed by atoms with Gasteiger partial charge in [-0.2, -0.15) is 0 Å². The fraction of sp³-hybridized carbons (Fsp3) is 0.471. The number of rotatable bonds is 6. The first-order chi connectivity index (χ1) is 10.1. The third-order valence-corrected chi connectivity index (χ3v) is 4.03. The van der Waals surface area contributed by atoms with Crippen molar-refractivity contribution in [3.63, 3.8) is 0 Å². The quantitative estimate of drug-likeness (QED) is 0.818. The van der Waals surface area contributed by atoms with Gasteiger partial charge < -0.3 is 14.6 Å². The van der Waals surface area contributed by atoms with Crippen molar-refractivity contribution in [2.45, 2.75) is 37.2 Å². The highest BCUT2D eigenvalue weighted by Gasteiger charge is 2.40. The predicted octanol–water partition coefficient (Wildman–Crippen LogP) is 2.61. The summed E-state index contributed by atoms with van der Waals surface area (Å²) in [6.45, 7) is -0.00414. The second-order valence-corrected chi connectivity index (χ2v) is 5.30.